The molecule has 0 radical (unpaired) electrons. The topological polar surface area (TPSA) is 76.6 Å². The molecule has 1 aliphatic heterocycles. The smallest absolute Gasteiger partial charge is 0.270 e. The van der Waals surface area contributed by atoms with Gasteiger partial charge in [-0.2, -0.15) is 0 Å². The van der Waals surface area contributed by atoms with Gasteiger partial charge in [0.05, 0.1) is 14.9 Å². The summed E-state index contributed by atoms with van der Waals surface area (Å²) in [6, 6.07) is 7.57. The van der Waals surface area contributed by atoms with Gasteiger partial charge in [0.25, 0.3) is 11.6 Å². The van der Waals surface area contributed by atoms with Crippen molar-refractivity contribution in [1.82, 2.24) is 4.90 Å². The summed E-state index contributed by atoms with van der Waals surface area (Å²) < 4.78 is 6.27. The van der Waals surface area contributed by atoms with E-state index in [0.29, 0.717) is 32.9 Å². The van der Waals surface area contributed by atoms with Crippen molar-refractivity contribution >= 4 is 57.6 Å². The molecule has 0 N–H and O–H groups in total. The van der Waals surface area contributed by atoms with Gasteiger partial charge in [-0.1, -0.05) is 42.5 Å². The first-order chi connectivity index (χ1) is 12.4. The number of carbonyl (C=O) groups excluding carboxylic acids is 1. The van der Waals surface area contributed by atoms with Crippen LogP contribution in [-0.2, 0) is 4.79 Å². The van der Waals surface area contributed by atoms with Gasteiger partial charge in [0.15, 0.2) is 0 Å². The van der Waals surface area contributed by atoms with Crippen LogP contribution in [0.1, 0.15) is 19.1 Å². The number of thioether (sulfide) groups is 1. The third-order valence-corrected chi connectivity index (χ3v) is 5.34. The molecule has 0 bridgehead atoms. The van der Waals surface area contributed by atoms with Crippen LogP contribution in [0.15, 0.2) is 39.7 Å². The lowest BCUT2D eigenvalue weighted by molar-refractivity contribution is -0.384. The van der Waals surface area contributed by atoms with Crippen LogP contribution in [0.4, 0.5) is 5.69 Å². The average Bonchev–Trinajstić information content (AvgIpc) is 3.15. The fourth-order valence-corrected chi connectivity index (χ4v) is 3.99. The molecule has 1 aliphatic rings. The van der Waals surface area contributed by atoms with Crippen molar-refractivity contribution in [1.29, 1.82) is 0 Å². The number of non-ortho nitro benzene ring substituents is 1. The fraction of sp³-hybridized carbons (Fsp3) is 0.176. The zero-order chi connectivity index (χ0) is 18.8. The van der Waals surface area contributed by atoms with Crippen molar-refractivity contribution in [2.45, 2.75) is 13.3 Å². The van der Waals surface area contributed by atoms with E-state index in [0.717, 1.165) is 6.42 Å². The zero-order valence-electron chi connectivity index (χ0n) is 13.6. The van der Waals surface area contributed by atoms with Gasteiger partial charge in [0.2, 0.25) is 0 Å². The van der Waals surface area contributed by atoms with Crippen molar-refractivity contribution < 1.29 is 14.1 Å². The van der Waals surface area contributed by atoms with E-state index in [1.165, 1.54) is 30.0 Å². The number of halogens is 1. The maximum absolute atomic E-state index is 12.4. The highest BCUT2D eigenvalue weighted by atomic mass is 35.5. The molecule has 9 heteroatoms. The molecule has 0 spiro atoms. The maximum Gasteiger partial charge on any atom is 0.270 e. The Bertz CT molecular complexity index is 939. The minimum Gasteiger partial charge on any atom is -0.457 e. The van der Waals surface area contributed by atoms with Crippen LogP contribution in [0.3, 0.4) is 0 Å². The number of furan rings is 1. The van der Waals surface area contributed by atoms with Gasteiger partial charge in [-0.05, 0) is 24.6 Å². The van der Waals surface area contributed by atoms with Gasteiger partial charge >= 0.3 is 0 Å². The van der Waals surface area contributed by atoms with Gasteiger partial charge in [-0.25, -0.2) is 0 Å². The molecule has 1 amide bonds. The van der Waals surface area contributed by atoms with Gasteiger partial charge in [0.1, 0.15) is 15.8 Å². The van der Waals surface area contributed by atoms with E-state index in [-0.39, 0.29) is 16.6 Å². The summed E-state index contributed by atoms with van der Waals surface area (Å²) in [5.74, 6) is 0.805. The largest absolute Gasteiger partial charge is 0.457 e. The highest BCUT2D eigenvalue weighted by Gasteiger charge is 2.31. The molecule has 134 valence electrons. The number of nitro benzene ring substituents is 1. The van der Waals surface area contributed by atoms with E-state index < -0.39 is 4.92 Å². The van der Waals surface area contributed by atoms with E-state index in [1.807, 2.05) is 6.92 Å². The minimum absolute atomic E-state index is 0.0925. The lowest BCUT2D eigenvalue weighted by Gasteiger charge is -2.11. The van der Waals surface area contributed by atoms with E-state index >= 15 is 0 Å². The zero-order valence-corrected chi connectivity index (χ0v) is 16.0. The number of hydrogen-bond donors (Lipinski definition) is 0. The molecule has 1 fully saturated rings. The SMILES string of the molecule is CCCN1C(=O)/C(=C/c2ccc(-c3ccc([N+](=O)[O-])cc3Cl)o2)SC1=S. The molecule has 2 aromatic rings. The second-order valence-corrected chi connectivity index (χ2v) is 7.54. The predicted octanol–water partition coefficient (Wildman–Crippen LogP) is 5.12. The molecule has 6 nitrogen and oxygen atoms in total. The summed E-state index contributed by atoms with van der Waals surface area (Å²) in [5.41, 5.74) is 0.445. The Kier molecular flexibility index (Phi) is 5.45. The van der Waals surface area contributed by atoms with Crippen LogP contribution >= 0.6 is 35.6 Å². The lowest BCUT2D eigenvalue weighted by Crippen LogP contribution is -2.28. The Hall–Kier alpha value is -2.16. The molecule has 1 aromatic heterocycles. The molecule has 0 saturated carbocycles. The number of carbonyl (C=O) groups is 1. The number of hydrogen-bond acceptors (Lipinski definition) is 6. The van der Waals surface area contributed by atoms with E-state index in [9.17, 15) is 14.9 Å². The van der Waals surface area contributed by atoms with Gasteiger partial charge in [-0.3, -0.25) is 19.8 Å². The number of nitrogens with zero attached hydrogens (tertiary/aromatic N) is 2. The lowest BCUT2D eigenvalue weighted by atomic mass is 10.1. The van der Waals surface area contributed by atoms with E-state index in [4.69, 9.17) is 28.2 Å². The summed E-state index contributed by atoms with van der Waals surface area (Å²) in [6.45, 7) is 2.57. The second-order valence-electron chi connectivity index (χ2n) is 5.46. The van der Waals surface area contributed by atoms with Crippen LogP contribution < -0.4 is 0 Å². The normalized spacial score (nSPS) is 15.9. The van der Waals surface area contributed by atoms with Crippen LogP contribution in [0, 0.1) is 10.1 Å². The first-order valence-corrected chi connectivity index (χ1v) is 9.30. The van der Waals surface area contributed by atoms with Crippen molar-refractivity contribution in [3.8, 4) is 11.3 Å². The van der Waals surface area contributed by atoms with Gasteiger partial charge in [0, 0.05) is 30.3 Å². The number of nitro groups is 1. The molecule has 26 heavy (non-hydrogen) atoms. The Morgan fingerprint density at radius 2 is 2.15 bits per heavy atom. The summed E-state index contributed by atoms with van der Waals surface area (Å²) in [5, 5.41) is 11.0. The van der Waals surface area contributed by atoms with E-state index in [1.54, 1.807) is 23.1 Å². The predicted molar refractivity (Wildman–Crippen MR) is 106 cm³/mol. The van der Waals surface area contributed by atoms with Crippen molar-refractivity contribution in [2.24, 2.45) is 0 Å². The second kappa shape index (κ2) is 7.61. The van der Waals surface area contributed by atoms with Gasteiger partial charge in [-0.15, -0.1) is 0 Å². The van der Waals surface area contributed by atoms with Crippen molar-refractivity contribution in [3.63, 3.8) is 0 Å². The molecule has 3 rings (SSSR count). The molecule has 0 unspecified atom stereocenters. The molecule has 1 aromatic carbocycles. The Labute approximate surface area is 164 Å². The van der Waals surface area contributed by atoms with E-state index in [2.05, 4.69) is 0 Å². The average molecular weight is 409 g/mol. The van der Waals surface area contributed by atoms with Crippen molar-refractivity contribution in [3.05, 3.63) is 56.1 Å². The standard InChI is InChI=1S/C17H13ClN2O4S2/c1-2-7-19-16(21)15(26-17(19)25)9-11-4-6-14(24-11)12-5-3-10(20(22)23)8-13(12)18/h3-6,8-9H,2,7H2,1H3/b15-9-. The quantitative estimate of drug-likeness (QED) is 0.296. The third kappa shape index (κ3) is 3.67. The highest BCUT2D eigenvalue weighted by molar-refractivity contribution is 8.26. The Morgan fingerprint density at radius 3 is 2.81 bits per heavy atom. The highest BCUT2D eigenvalue weighted by Crippen LogP contribution is 2.35. The molecular weight excluding hydrogens is 396 g/mol. The molecule has 2 heterocycles. The summed E-state index contributed by atoms with van der Waals surface area (Å²) in [4.78, 5) is 24.7. The first-order valence-electron chi connectivity index (χ1n) is 7.70. The van der Waals surface area contributed by atoms with Crippen LogP contribution in [0.25, 0.3) is 17.4 Å². The van der Waals surface area contributed by atoms with Crippen LogP contribution in [0.5, 0.6) is 0 Å². The minimum atomic E-state index is -0.512. The Balaban J connectivity index is 1.86. The fourth-order valence-electron chi connectivity index (χ4n) is 2.44. The van der Waals surface area contributed by atoms with Crippen LogP contribution in [-0.4, -0.2) is 26.6 Å². The molecule has 0 aliphatic carbocycles. The van der Waals surface area contributed by atoms with Crippen molar-refractivity contribution in [2.75, 3.05) is 6.54 Å². The molecule has 1 saturated heterocycles. The molecular formula is C17H13ClN2O4S2. The van der Waals surface area contributed by atoms with Gasteiger partial charge < -0.3 is 4.42 Å². The maximum atomic E-state index is 12.4. The third-order valence-electron chi connectivity index (χ3n) is 3.65. The first kappa shape index (κ1) is 18.6. The molecule has 0 atom stereocenters. The number of rotatable bonds is 5. The Morgan fingerprint density at radius 1 is 1.38 bits per heavy atom. The summed E-state index contributed by atoms with van der Waals surface area (Å²) in [6.07, 6.45) is 2.46. The summed E-state index contributed by atoms with van der Waals surface area (Å²) in [7, 11) is 0. The number of benzene rings is 1. The number of thiocarbonyl (C=S) groups is 1. The number of amides is 1. The summed E-state index contributed by atoms with van der Waals surface area (Å²) >= 11 is 12.6. The van der Waals surface area contributed by atoms with Crippen LogP contribution in [0.2, 0.25) is 5.02 Å². The monoisotopic (exact) mass is 408 g/mol.